The van der Waals surface area contributed by atoms with Crippen LogP contribution in [0, 0.1) is 0 Å². The molecule has 0 saturated carbocycles. The molecular formula is C12H19N3O2S2. The van der Waals surface area contributed by atoms with Crippen LogP contribution in [-0.4, -0.2) is 55.1 Å². The summed E-state index contributed by atoms with van der Waals surface area (Å²) in [7, 11) is 5.65. The Morgan fingerprint density at radius 2 is 2.00 bits per heavy atom. The van der Waals surface area contributed by atoms with Crippen LogP contribution in [0.1, 0.15) is 29.2 Å². The number of rotatable bonds is 5. The van der Waals surface area contributed by atoms with Gasteiger partial charge >= 0.3 is 5.97 Å². The highest BCUT2D eigenvalue weighted by Crippen LogP contribution is 2.27. The molecule has 0 bridgehead atoms. The van der Waals surface area contributed by atoms with Gasteiger partial charge in [0.05, 0.1) is 11.5 Å². The molecule has 0 fully saturated rings. The fourth-order valence-electron chi connectivity index (χ4n) is 1.30. The molecule has 0 radical (unpaired) electrons. The fraction of sp³-hybridized carbons (Fsp3) is 0.583. The van der Waals surface area contributed by atoms with Gasteiger partial charge in [-0.1, -0.05) is 23.6 Å². The lowest BCUT2D eigenvalue weighted by molar-refractivity contribution is 0.0520. The first-order valence-corrected chi connectivity index (χ1v) is 7.25. The molecule has 7 heteroatoms. The van der Waals surface area contributed by atoms with Crippen molar-refractivity contribution in [1.29, 1.82) is 0 Å². The number of carbonyl (C=O) groups is 1. The highest BCUT2D eigenvalue weighted by atomic mass is 32.1. The lowest BCUT2D eigenvalue weighted by atomic mass is 10.3. The number of nitrogens with zero attached hydrogens (tertiary/aromatic N) is 3. The molecule has 0 aliphatic rings. The minimum Gasteiger partial charge on any atom is -0.461 e. The lowest BCUT2D eigenvalue weighted by Gasteiger charge is -2.16. The van der Waals surface area contributed by atoms with Crippen molar-refractivity contribution < 1.29 is 9.53 Å². The summed E-state index contributed by atoms with van der Waals surface area (Å²) in [5, 5.41) is 0.741. The molecule has 5 nitrogen and oxygen atoms in total. The molecule has 106 valence electrons. The molecule has 0 amide bonds. The van der Waals surface area contributed by atoms with Crippen LogP contribution in [0.15, 0.2) is 0 Å². The van der Waals surface area contributed by atoms with Crippen molar-refractivity contribution in [1.82, 2.24) is 9.88 Å². The van der Waals surface area contributed by atoms with Gasteiger partial charge in [0.25, 0.3) is 0 Å². The van der Waals surface area contributed by atoms with Crippen LogP contribution in [0.25, 0.3) is 0 Å². The molecular weight excluding hydrogens is 282 g/mol. The SMILES string of the molecule is CCOC(=O)c1nc(N(C)C)sc1C(=S)N(C)CC. The average molecular weight is 301 g/mol. The molecule has 0 saturated heterocycles. The molecule has 0 spiro atoms. The lowest BCUT2D eigenvalue weighted by Crippen LogP contribution is -2.26. The van der Waals surface area contributed by atoms with Crippen LogP contribution in [-0.2, 0) is 4.74 Å². The van der Waals surface area contributed by atoms with Crippen molar-refractivity contribution in [2.45, 2.75) is 13.8 Å². The summed E-state index contributed by atoms with van der Waals surface area (Å²) in [5.41, 5.74) is 0.306. The van der Waals surface area contributed by atoms with E-state index in [1.165, 1.54) is 11.3 Å². The summed E-state index contributed by atoms with van der Waals surface area (Å²) in [6.45, 7) is 4.87. The van der Waals surface area contributed by atoms with Gasteiger partial charge in [0.2, 0.25) is 0 Å². The third-order valence-electron chi connectivity index (χ3n) is 2.48. The molecule has 0 aromatic carbocycles. The first-order chi connectivity index (χ1) is 8.92. The second kappa shape index (κ2) is 6.81. The maximum Gasteiger partial charge on any atom is 0.358 e. The van der Waals surface area contributed by atoms with Gasteiger partial charge in [-0.3, -0.25) is 0 Å². The number of hydrogen-bond donors (Lipinski definition) is 0. The van der Waals surface area contributed by atoms with Crippen molar-refractivity contribution in [3.63, 3.8) is 0 Å². The molecule has 0 unspecified atom stereocenters. The van der Waals surface area contributed by atoms with E-state index in [2.05, 4.69) is 4.98 Å². The fourth-order valence-corrected chi connectivity index (χ4v) is 2.62. The summed E-state index contributed by atoms with van der Waals surface area (Å²) in [6, 6.07) is 0. The van der Waals surface area contributed by atoms with Gasteiger partial charge in [-0.15, -0.1) is 0 Å². The molecule has 0 aliphatic heterocycles. The van der Waals surface area contributed by atoms with E-state index in [0.717, 1.165) is 11.7 Å². The number of anilines is 1. The summed E-state index contributed by atoms with van der Waals surface area (Å²) < 4.78 is 5.03. The third-order valence-corrected chi connectivity index (χ3v) is 4.36. The Morgan fingerprint density at radius 1 is 1.37 bits per heavy atom. The molecule has 1 aromatic heterocycles. The van der Waals surface area contributed by atoms with Gasteiger partial charge in [0.1, 0.15) is 4.99 Å². The Balaban J connectivity index is 3.20. The minimum atomic E-state index is -0.422. The number of esters is 1. The van der Waals surface area contributed by atoms with Crippen LogP contribution in [0.3, 0.4) is 0 Å². The molecule has 0 aliphatic carbocycles. The van der Waals surface area contributed by atoms with E-state index < -0.39 is 5.97 Å². The average Bonchev–Trinajstić information content (AvgIpc) is 2.82. The number of aromatic nitrogens is 1. The van der Waals surface area contributed by atoms with E-state index in [0.29, 0.717) is 22.2 Å². The zero-order chi connectivity index (χ0) is 14.6. The van der Waals surface area contributed by atoms with Crippen molar-refractivity contribution in [3.05, 3.63) is 10.6 Å². The van der Waals surface area contributed by atoms with Gasteiger partial charge in [-0.25, -0.2) is 9.78 Å². The number of ether oxygens (including phenoxy) is 1. The number of thiocarbonyl (C=S) groups is 1. The summed E-state index contributed by atoms with van der Waals surface area (Å²) in [6.07, 6.45) is 0. The zero-order valence-electron chi connectivity index (χ0n) is 11.9. The van der Waals surface area contributed by atoms with E-state index >= 15 is 0 Å². The molecule has 1 rings (SSSR count). The normalized spacial score (nSPS) is 10.2. The largest absolute Gasteiger partial charge is 0.461 e. The summed E-state index contributed by atoms with van der Waals surface area (Å²) in [5.74, 6) is -0.422. The summed E-state index contributed by atoms with van der Waals surface area (Å²) in [4.78, 5) is 21.3. The van der Waals surface area contributed by atoms with Gasteiger partial charge in [-0.2, -0.15) is 0 Å². The third kappa shape index (κ3) is 3.63. The van der Waals surface area contributed by atoms with E-state index in [9.17, 15) is 4.79 Å². The van der Waals surface area contributed by atoms with Crippen molar-refractivity contribution in [2.24, 2.45) is 0 Å². The number of thiazole rings is 1. The molecule has 0 N–H and O–H groups in total. The van der Waals surface area contributed by atoms with Crippen molar-refractivity contribution in [2.75, 3.05) is 39.2 Å². The van der Waals surface area contributed by atoms with Crippen LogP contribution >= 0.6 is 23.6 Å². The highest BCUT2D eigenvalue weighted by molar-refractivity contribution is 7.81. The van der Waals surface area contributed by atoms with Gasteiger partial charge in [0.15, 0.2) is 10.8 Å². The maximum atomic E-state index is 11.9. The first kappa shape index (κ1) is 15.8. The monoisotopic (exact) mass is 301 g/mol. The Morgan fingerprint density at radius 3 is 2.47 bits per heavy atom. The standard InChI is InChI=1S/C12H19N3O2S2/c1-6-15(5)10(18)9-8(11(16)17-7-2)13-12(19-9)14(3)4/h6-7H2,1-5H3. The van der Waals surface area contributed by atoms with Crippen LogP contribution in [0.5, 0.6) is 0 Å². The second-order valence-corrected chi connectivity index (χ2v) is 5.47. The highest BCUT2D eigenvalue weighted by Gasteiger charge is 2.24. The number of carbonyl (C=O) groups excluding carboxylic acids is 1. The van der Waals surface area contributed by atoms with Crippen LogP contribution < -0.4 is 4.90 Å². The van der Waals surface area contributed by atoms with Gasteiger partial charge in [-0.05, 0) is 13.8 Å². The van der Waals surface area contributed by atoms with Gasteiger partial charge in [0, 0.05) is 27.7 Å². The van der Waals surface area contributed by atoms with E-state index in [1.54, 1.807) is 6.92 Å². The maximum absolute atomic E-state index is 11.9. The predicted molar refractivity (Wildman–Crippen MR) is 82.4 cm³/mol. The minimum absolute atomic E-state index is 0.306. The molecule has 19 heavy (non-hydrogen) atoms. The van der Waals surface area contributed by atoms with Crippen LogP contribution in [0.2, 0.25) is 0 Å². The van der Waals surface area contributed by atoms with Crippen molar-refractivity contribution in [3.8, 4) is 0 Å². The van der Waals surface area contributed by atoms with E-state index in [4.69, 9.17) is 17.0 Å². The van der Waals surface area contributed by atoms with E-state index in [-0.39, 0.29) is 0 Å². The molecule has 0 atom stereocenters. The number of hydrogen-bond acceptors (Lipinski definition) is 6. The Hall–Kier alpha value is -1.21. The van der Waals surface area contributed by atoms with Crippen molar-refractivity contribution >= 4 is 39.6 Å². The second-order valence-electron chi connectivity index (χ2n) is 4.11. The molecule has 1 aromatic rings. The topological polar surface area (TPSA) is 45.7 Å². The smallest absolute Gasteiger partial charge is 0.358 e. The zero-order valence-corrected chi connectivity index (χ0v) is 13.5. The quantitative estimate of drug-likeness (QED) is 0.612. The molecule has 1 heterocycles. The Bertz CT molecular complexity index is 472. The van der Waals surface area contributed by atoms with E-state index in [1.807, 2.05) is 37.9 Å². The van der Waals surface area contributed by atoms with Crippen LogP contribution in [0.4, 0.5) is 5.13 Å². The first-order valence-electron chi connectivity index (χ1n) is 6.03. The van der Waals surface area contributed by atoms with Gasteiger partial charge < -0.3 is 14.5 Å². The Labute approximate surface area is 123 Å². The Kier molecular flexibility index (Phi) is 5.68. The predicted octanol–water partition coefficient (Wildman–Crippen LogP) is 2.01. The summed E-state index contributed by atoms with van der Waals surface area (Å²) >= 11 is 6.81.